The minimum absolute atomic E-state index is 0.0608. The SMILES string of the molecule is CCCNC(=O)[C@@]1(C)c2ccccc2C(=O)N(Cc2ccccc2)[C@H]1c1ccc(CO)cc1. The molecule has 1 aliphatic heterocycles. The zero-order chi connectivity index (χ0) is 23.4. The van der Waals surface area contributed by atoms with Gasteiger partial charge in [0.1, 0.15) is 0 Å². The number of benzene rings is 3. The number of hydrogen-bond donors (Lipinski definition) is 2. The number of aliphatic hydroxyl groups is 1. The van der Waals surface area contributed by atoms with Gasteiger partial charge in [0.05, 0.1) is 18.1 Å². The van der Waals surface area contributed by atoms with E-state index in [9.17, 15) is 14.7 Å². The fraction of sp³-hybridized carbons (Fsp3) is 0.286. The summed E-state index contributed by atoms with van der Waals surface area (Å²) in [6.07, 6.45) is 0.825. The highest BCUT2D eigenvalue weighted by atomic mass is 16.3. The molecule has 4 rings (SSSR count). The molecule has 170 valence electrons. The third kappa shape index (κ3) is 4.16. The predicted molar refractivity (Wildman–Crippen MR) is 129 cm³/mol. The first-order chi connectivity index (χ1) is 16.0. The normalized spacial score (nSPS) is 19.8. The van der Waals surface area contributed by atoms with Gasteiger partial charge in [0, 0.05) is 18.7 Å². The molecule has 33 heavy (non-hydrogen) atoms. The minimum Gasteiger partial charge on any atom is -0.392 e. The van der Waals surface area contributed by atoms with Crippen molar-refractivity contribution in [2.45, 2.75) is 44.9 Å². The molecule has 3 aromatic carbocycles. The zero-order valence-corrected chi connectivity index (χ0v) is 19.1. The van der Waals surface area contributed by atoms with Gasteiger partial charge in [-0.15, -0.1) is 0 Å². The maximum Gasteiger partial charge on any atom is 0.255 e. The van der Waals surface area contributed by atoms with Crippen molar-refractivity contribution < 1.29 is 14.7 Å². The van der Waals surface area contributed by atoms with Gasteiger partial charge < -0.3 is 15.3 Å². The second kappa shape index (κ2) is 9.59. The van der Waals surface area contributed by atoms with Crippen molar-refractivity contribution in [3.8, 4) is 0 Å². The maximum absolute atomic E-state index is 13.8. The van der Waals surface area contributed by atoms with E-state index in [0.29, 0.717) is 18.7 Å². The molecule has 2 amide bonds. The molecular weight excluding hydrogens is 412 g/mol. The molecule has 0 bridgehead atoms. The summed E-state index contributed by atoms with van der Waals surface area (Å²) in [7, 11) is 0. The highest BCUT2D eigenvalue weighted by molar-refractivity contribution is 6.03. The van der Waals surface area contributed by atoms with Crippen molar-refractivity contribution in [2.75, 3.05) is 6.54 Å². The average molecular weight is 443 g/mol. The van der Waals surface area contributed by atoms with Crippen molar-refractivity contribution in [1.82, 2.24) is 10.2 Å². The summed E-state index contributed by atoms with van der Waals surface area (Å²) in [4.78, 5) is 29.4. The molecule has 0 unspecified atom stereocenters. The number of aliphatic hydroxyl groups excluding tert-OH is 1. The molecule has 0 fully saturated rings. The lowest BCUT2D eigenvalue weighted by Gasteiger charge is -2.48. The summed E-state index contributed by atoms with van der Waals surface area (Å²) < 4.78 is 0. The average Bonchev–Trinajstić information content (AvgIpc) is 2.86. The smallest absolute Gasteiger partial charge is 0.255 e. The second-order valence-electron chi connectivity index (χ2n) is 8.72. The number of nitrogens with zero attached hydrogens (tertiary/aromatic N) is 1. The minimum atomic E-state index is -0.991. The van der Waals surface area contributed by atoms with Crippen LogP contribution in [0.5, 0.6) is 0 Å². The summed E-state index contributed by atoms with van der Waals surface area (Å²) in [5, 5.41) is 12.6. The van der Waals surface area contributed by atoms with E-state index in [1.807, 2.05) is 97.6 Å². The summed E-state index contributed by atoms with van der Waals surface area (Å²) >= 11 is 0. The molecule has 0 saturated carbocycles. The van der Waals surface area contributed by atoms with E-state index >= 15 is 0 Å². The van der Waals surface area contributed by atoms with Crippen LogP contribution < -0.4 is 5.32 Å². The predicted octanol–water partition coefficient (Wildman–Crippen LogP) is 4.36. The van der Waals surface area contributed by atoms with E-state index in [0.717, 1.165) is 28.7 Å². The lowest BCUT2D eigenvalue weighted by molar-refractivity contribution is -0.129. The van der Waals surface area contributed by atoms with Crippen LogP contribution in [0.25, 0.3) is 0 Å². The van der Waals surface area contributed by atoms with Crippen LogP contribution in [0, 0.1) is 0 Å². The first kappa shape index (κ1) is 22.7. The Kier molecular flexibility index (Phi) is 6.61. The molecule has 1 aliphatic rings. The van der Waals surface area contributed by atoms with Gasteiger partial charge in [-0.2, -0.15) is 0 Å². The maximum atomic E-state index is 13.8. The Morgan fingerprint density at radius 1 is 0.970 bits per heavy atom. The van der Waals surface area contributed by atoms with E-state index in [1.165, 1.54) is 0 Å². The van der Waals surface area contributed by atoms with E-state index in [1.54, 1.807) is 0 Å². The van der Waals surface area contributed by atoms with Gasteiger partial charge >= 0.3 is 0 Å². The van der Waals surface area contributed by atoms with Crippen LogP contribution >= 0.6 is 0 Å². The highest BCUT2D eigenvalue weighted by Gasteiger charge is 2.53. The Morgan fingerprint density at radius 2 is 1.64 bits per heavy atom. The molecular formula is C28H30N2O3. The Hall–Kier alpha value is -3.44. The van der Waals surface area contributed by atoms with Gasteiger partial charge in [-0.3, -0.25) is 9.59 Å². The topological polar surface area (TPSA) is 69.6 Å². The summed E-state index contributed by atoms with van der Waals surface area (Å²) in [5.41, 5.74) is 2.96. The summed E-state index contributed by atoms with van der Waals surface area (Å²) in [6.45, 7) is 4.85. The molecule has 5 heteroatoms. The summed E-state index contributed by atoms with van der Waals surface area (Å²) in [5.74, 6) is -0.190. The van der Waals surface area contributed by atoms with Gasteiger partial charge in [-0.1, -0.05) is 79.7 Å². The molecule has 2 atom stereocenters. The Balaban J connectivity index is 1.92. The molecule has 2 N–H and O–H groups in total. The van der Waals surface area contributed by atoms with Crippen LogP contribution in [-0.4, -0.2) is 28.4 Å². The second-order valence-corrected chi connectivity index (χ2v) is 8.72. The van der Waals surface area contributed by atoms with Crippen molar-refractivity contribution >= 4 is 11.8 Å². The molecule has 1 heterocycles. The standard InChI is InChI=1S/C28H30N2O3/c1-3-17-29-27(33)28(2)24-12-8-7-11-23(24)26(32)30(18-20-9-5-4-6-10-20)25(28)22-15-13-21(19-31)14-16-22/h4-16,25,31H,3,17-19H2,1-2H3,(H,29,33)/t25-,28-/m0/s1. The molecule has 0 aromatic heterocycles. The zero-order valence-electron chi connectivity index (χ0n) is 19.1. The Morgan fingerprint density at radius 3 is 2.30 bits per heavy atom. The van der Waals surface area contributed by atoms with Crippen LogP contribution in [0.15, 0.2) is 78.9 Å². The van der Waals surface area contributed by atoms with E-state index in [4.69, 9.17) is 0 Å². The van der Waals surface area contributed by atoms with Crippen molar-refractivity contribution in [1.29, 1.82) is 0 Å². The third-order valence-corrected chi connectivity index (χ3v) is 6.52. The van der Waals surface area contributed by atoms with E-state index < -0.39 is 11.5 Å². The number of carbonyl (C=O) groups is 2. The van der Waals surface area contributed by atoms with E-state index in [2.05, 4.69) is 5.32 Å². The third-order valence-electron chi connectivity index (χ3n) is 6.52. The van der Waals surface area contributed by atoms with Crippen molar-refractivity contribution in [3.05, 3.63) is 107 Å². The Bertz CT molecular complexity index is 1130. The summed E-state index contributed by atoms with van der Waals surface area (Å²) in [6, 6.07) is 24.3. The van der Waals surface area contributed by atoms with Crippen molar-refractivity contribution in [3.63, 3.8) is 0 Å². The molecule has 0 spiro atoms. The molecule has 3 aromatic rings. The number of nitrogens with one attached hydrogen (secondary N) is 1. The first-order valence-corrected chi connectivity index (χ1v) is 11.4. The molecule has 5 nitrogen and oxygen atoms in total. The monoisotopic (exact) mass is 442 g/mol. The van der Waals surface area contributed by atoms with E-state index in [-0.39, 0.29) is 18.4 Å². The van der Waals surface area contributed by atoms with Gasteiger partial charge in [-0.25, -0.2) is 0 Å². The quantitative estimate of drug-likeness (QED) is 0.571. The van der Waals surface area contributed by atoms with Crippen LogP contribution in [0.2, 0.25) is 0 Å². The van der Waals surface area contributed by atoms with Crippen LogP contribution in [-0.2, 0) is 23.4 Å². The molecule has 0 saturated heterocycles. The molecule has 0 aliphatic carbocycles. The van der Waals surface area contributed by atoms with Crippen LogP contribution in [0.4, 0.5) is 0 Å². The number of rotatable bonds is 7. The fourth-order valence-electron chi connectivity index (χ4n) is 4.78. The van der Waals surface area contributed by atoms with Crippen LogP contribution in [0.1, 0.15) is 58.9 Å². The van der Waals surface area contributed by atoms with Gasteiger partial charge in [0.25, 0.3) is 5.91 Å². The largest absolute Gasteiger partial charge is 0.392 e. The lowest BCUT2D eigenvalue weighted by Crippen LogP contribution is -2.57. The van der Waals surface area contributed by atoms with Crippen LogP contribution in [0.3, 0.4) is 0 Å². The fourth-order valence-corrected chi connectivity index (χ4v) is 4.78. The molecule has 0 radical (unpaired) electrons. The van der Waals surface area contributed by atoms with Gasteiger partial charge in [-0.05, 0) is 41.7 Å². The number of amides is 2. The number of carbonyl (C=O) groups excluding carboxylic acids is 2. The van der Waals surface area contributed by atoms with Gasteiger partial charge in [0.15, 0.2) is 0 Å². The lowest BCUT2D eigenvalue weighted by atomic mass is 9.67. The Labute approximate surface area is 195 Å². The number of fused-ring (bicyclic) bond motifs is 1. The highest BCUT2D eigenvalue weighted by Crippen LogP contribution is 2.48. The van der Waals surface area contributed by atoms with Gasteiger partial charge in [0.2, 0.25) is 5.91 Å². The number of hydrogen-bond acceptors (Lipinski definition) is 3. The van der Waals surface area contributed by atoms with Crippen molar-refractivity contribution in [2.24, 2.45) is 0 Å². The first-order valence-electron chi connectivity index (χ1n) is 11.4.